The Hall–Kier alpha value is -2.17. The monoisotopic (exact) mass is 270 g/mol. The van der Waals surface area contributed by atoms with Crippen molar-refractivity contribution in [1.29, 1.82) is 0 Å². The maximum Gasteiger partial charge on any atom is 0.229 e. The van der Waals surface area contributed by atoms with Gasteiger partial charge >= 0.3 is 0 Å². The van der Waals surface area contributed by atoms with Crippen molar-refractivity contribution in [2.75, 3.05) is 11.9 Å². The van der Waals surface area contributed by atoms with Crippen LogP contribution in [0.25, 0.3) is 22.2 Å². The molecule has 5 nitrogen and oxygen atoms in total. The zero-order chi connectivity index (χ0) is 14.3. The van der Waals surface area contributed by atoms with Crippen LogP contribution in [0.3, 0.4) is 0 Å². The van der Waals surface area contributed by atoms with Gasteiger partial charge in [-0.15, -0.1) is 0 Å². The molecule has 104 valence electrons. The molecule has 0 saturated heterocycles. The van der Waals surface area contributed by atoms with Crippen molar-refractivity contribution in [3.63, 3.8) is 0 Å². The summed E-state index contributed by atoms with van der Waals surface area (Å²) in [7, 11) is 0. The van der Waals surface area contributed by atoms with E-state index < -0.39 is 0 Å². The highest BCUT2D eigenvalue weighted by molar-refractivity contribution is 6.05. The number of nitrogens with one attached hydrogen (secondary N) is 1. The van der Waals surface area contributed by atoms with Crippen molar-refractivity contribution >= 4 is 28.0 Å². The van der Waals surface area contributed by atoms with Gasteiger partial charge in [0.15, 0.2) is 11.4 Å². The van der Waals surface area contributed by atoms with Gasteiger partial charge in [-0.3, -0.25) is 0 Å². The SMILES string of the molecule is Cc1cc(C)c2c(n1)oc1c(NCC(C)C)ncnc12. The van der Waals surface area contributed by atoms with E-state index in [0.29, 0.717) is 17.2 Å². The van der Waals surface area contributed by atoms with Crippen molar-refractivity contribution < 1.29 is 4.42 Å². The maximum atomic E-state index is 5.88. The van der Waals surface area contributed by atoms with Crippen molar-refractivity contribution in [3.05, 3.63) is 23.7 Å². The number of nitrogens with zero attached hydrogens (tertiary/aromatic N) is 3. The number of hydrogen-bond donors (Lipinski definition) is 1. The van der Waals surface area contributed by atoms with Crippen LogP contribution in [0.2, 0.25) is 0 Å². The predicted molar refractivity (Wildman–Crippen MR) is 79.9 cm³/mol. The molecule has 0 amide bonds. The van der Waals surface area contributed by atoms with Crippen molar-refractivity contribution in [3.8, 4) is 0 Å². The second kappa shape index (κ2) is 4.74. The van der Waals surface area contributed by atoms with Gasteiger partial charge in [0.1, 0.15) is 11.8 Å². The summed E-state index contributed by atoms with van der Waals surface area (Å²) in [4.78, 5) is 13.1. The molecule has 20 heavy (non-hydrogen) atoms. The van der Waals surface area contributed by atoms with Crippen molar-refractivity contribution in [1.82, 2.24) is 15.0 Å². The first-order valence-electron chi connectivity index (χ1n) is 6.81. The van der Waals surface area contributed by atoms with Crippen LogP contribution in [0.5, 0.6) is 0 Å². The highest BCUT2D eigenvalue weighted by Crippen LogP contribution is 2.31. The number of rotatable bonds is 3. The lowest BCUT2D eigenvalue weighted by molar-refractivity contribution is 0.646. The average Bonchev–Trinajstić information content (AvgIpc) is 2.74. The topological polar surface area (TPSA) is 63.8 Å². The van der Waals surface area contributed by atoms with Crippen LogP contribution in [0.15, 0.2) is 16.8 Å². The Balaban J connectivity index is 2.22. The molecule has 0 atom stereocenters. The van der Waals surface area contributed by atoms with Crippen LogP contribution in [0.4, 0.5) is 5.82 Å². The molecule has 0 fully saturated rings. The van der Waals surface area contributed by atoms with Crippen molar-refractivity contribution in [2.45, 2.75) is 27.7 Å². The molecule has 0 spiro atoms. The lowest BCUT2D eigenvalue weighted by Gasteiger charge is -2.07. The largest absolute Gasteiger partial charge is 0.432 e. The van der Waals surface area contributed by atoms with Gasteiger partial charge in [0.05, 0.1) is 5.39 Å². The molecule has 0 bridgehead atoms. The Kier molecular flexibility index (Phi) is 3.04. The van der Waals surface area contributed by atoms with Crippen LogP contribution in [-0.2, 0) is 0 Å². The summed E-state index contributed by atoms with van der Waals surface area (Å²) in [5.74, 6) is 1.27. The lowest BCUT2D eigenvalue weighted by Crippen LogP contribution is -2.09. The number of aromatic nitrogens is 3. The van der Waals surface area contributed by atoms with Gasteiger partial charge in [-0.1, -0.05) is 13.8 Å². The summed E-state index contributed by atoms with van der Waals surface area (Å²) in [5.41, 5.74) is 4.21. The van der Waals surface area contributed by atoms with E-state index in [9.17, 15) is 0 Å². The molecule has 0 saturated carbocycles. The van der Waals surface area contributed by atoms with E-state index in [0.717, 1.165) is 34.5 Å². The third-order valence-electron chi connectivity index (χ3n) is 3.23. The van der Waals surface area contributed by atoms with Crippen LogP contribution in [-0.4, -0.2) is 21.5 Å². The Bertz CT molecular complexity index is 776. The van der Waals surface area contributed by atoms with Crippen molar-refractivity contribution in [2.24, 2.45) is 5.92 Å². The first kappa shape index (κ1) is 12.8. The lowest BCUT2D eigenvalue weighted by atomic mass is 10.1. The van der Waals surface area contributed by atoms with Gasteiger partial charge in [-0.25, -0.2) is 15.0 Å². The number of fused-ring (bicyclic) bond motifs is 3. The molecular weight excluding hydrogens is 252 g/mol. The molecule has 1 N–H and O–H groups in total. The first-order chi connectivity index (χ1) is 9.56. The van der Waals surface area contributed by atoms with Crippen LogP contribution in [0, 0.1) is 19.8 Å². The van der Waals surface area contributed by atoms with Gasteiger partial charge in [0, 0.05) is 12.2 Å². The normalized spacial score (nSPS) is 11.7. The summed E-state index contributed by atoms with van der Waals surface area (Å²) in [6, 6.07) is 2.04. The molecule has 0 aliphatic heterocycles. The molecule has 5 heteroatoms. The molecule has 0 unspecified atom stereocenters. The fourth-order valence-electron chi connectivity index (χ4n) is 2.34. The summed E-state index contributed by atoms with van der Waals surface area (Å²) in [6.45, 7) is 9.16. The zero-order valence-electron chi connectivity index (χ0n) is 12.2. The summed E-state index contributed by atoms with van der Waals surface area (Å²) < 4.78 is 5.88. The number of anilines is 1. The Morgan fingerprint density at radius 1 is 1.25 bits per heavy atom. The first-order valence-corrected chi connectivity index (χ1v) is 6.81. The molecule has 3 aromatic rings. The minimum atomic E-state index is 0.534. The fraction of sp³-hybridized carbons (Fsp3) is 0.400. The Labute approximate surface area is 117 Å². The average molecular weight is 270 g/mol. The number of pyridine rings is 1. The number of furan rings is 1. The zero-order valence-corrected chi connectivity index (χ0v) is 12.2. The van der Waals surface area contributed by atoms with Crippen LogP contribution >= 0.6 is 0 Å². The van der Waals surface area contributed by atoms with Gasteiger partial charge < -0.3 is 9.73 Å². The van der Waals surface area contributed by atoms with E-state index in [1.54, 1.807) is 6.33 Å². The fourth-order valence-corrected chi connectivity index (χ4v) is 2.34. The molecular formula is C15H18N4O. The third kappa shape index (κ3) is 2.09. The minimum Gasteiger partial charge on any atom is -0.432 e. The molecule has 0 aromatic carbocycles. The smallest absolute Gasteiger partial charge is 0.229 e. The van der Waals surface area contributed by atoms with E-state index in [1.807, 2.05) is 13.0 Å². The van der Waals surface area contributed by atoms with E-state index in [2.05, 4.69) is 41.0 Å². The maximum absolute atomic E-state index is 5.88. The van der Waals surface area contributed by atoms with E-state index >= 15 is 0 Å². The predicted octanol–water partition coefficient (Wildman–Crippen LogP) is 3.46. The summed E-state index contributed by atoms with van der Waals surface area (Å²) in [6.07, 6.45) is 1.57. The quantitative estimate of drug-likeness (QED) is 0.789. The molecule has 0 aliphatic rings. The Morgan fingerprint density at radius 3 is 2.80 bits per heavy atom. The van der Waals surface area contributed by atoms with E-state index in [4.69, 9.17) is 4.42 Å². The van der Waals surface area contributed by atoms with Crippen LogP contribution < -0.4 is 5.32 Å². The highest BCUT2D eigenvalue weighted by atomic mass is 16.3. The second-order valence-corrected chi connectivity index (χ2v) is 5.54. The van der Waals surface area contributed by atoms with E-state index in [1.165, 1.54) is 0 Å². The summed E-state index contributed by atoms with van der Waals surface area (Å²) in [5, 5.41) is 4.28. The summed E-state index contributed by atoms with van der Waals surface area (Å²) >= 11 is 0. The minimum absolute atomic E-state index is 0.534. The molecule has 3 heterocycles. The van der Waals surface area contributed by atoms with Gasteiger partial charge in [-0.05, 0) is 31.4 Å². The highest BCUT2D eigenvalue weighted by Gasteiger charge is 2.16. The van der Waals surface area contributed by atoms with Crippen LogP contribution in [0.1, 0.15) is 25.1 Å². The number of aryl methyl sites for hydroxylation is 2. The van der Waals surface area contributed by atoms with Gasteiger partial charge in [-0.2, -0.15) is 0 Å². The second-order valence-electron chi connectivity index (χ2n) is 5.54. The number of hydrogen-bond acceptors (Lipinski definition) is 5. The molecule has 3 rings (SSSR count). The Morgan fingerprint density at radius 2 is 2.05 bits per heavy atom. The molecule has 3 aromatic heterocycles. The standard InChI is InChI=1S/C15H18N4O/c1-8(2)6-16-14-13-12(17-7-18-14)11-9(3)5-10(4)19-15(11)20-13/h5,7-8H,6H2,1-4H3,(H,16,17,18). The van der Waals surface area contributed by atoms with Gasteiger partial charge in [0.2, 0.25) is 5.71 Å². The van der Waals surface area contributed by atoms with Gasteiger partial charge in [0.25, 0.3) is 0 Å². The third-order valence-corrected chi connectivity index (χ3v) is 3.23. The molecule has 0 radical (unpaired) electrons. The van der Waals surface area contributed by atoms with E-state index in [-0.39, 0.29) is 0 Å². The molecule has 0 aliphatic carbocycles.